The molecule has 1 amide bonds. The molecule has 1 aliphatic heterocycles. The topological polar surface area (TPSA) is 54.8 Å². The summed E-state index contributed by atoms with van der Waals surface area (Å²) in [5.74, 6) is 0.712. The summed E-state index contributed by atoms with van der Waals surface area (Å²) < 4.78 is 5.26. The number of rotatable bonds is 3. The molecule has 3 rings (SSSR count). The molecule has 2 heterocycles. The van der Waals surface area contributed by atoms with E-state index >= 15 is 0 Å². The highest BCUT2D eigenvalue weighted by Crippen LogP contribution is 2.37. The molecule has 0 radical (unpaired) electrons. The molecule has 0 saturated carbocycles. The Hall–Kier alpha value is -2.60. The number of thioether (sulfide) groups is 1. The summed E-state index contributed by atoms with van der Waals surface area (Å²) in [7, 11) is 3.36. The standard InChI is InChI=1S/C18H17N3O2S/c1-12(13-6-4-8-15(10-13)23-3)16-17(22)21(2)18(24-16)20-14-7-5-9-19-11-14/h4-11H,1-3H3/b16-12-,20-18?. The monoisotopic (exact) mass is 339 g/mol. The van der Waals surface area contributed by atoms with Crippen molar-refractivity contribution in [2.75, 3.05) is 14.2 Å². The average Bonchev–Trinajstić information content (AvgIpc) is 2.90. The lowest BCUT2D eigenvalue weighted by Crippen LogP contribution is -2.23. The van der Waals surface area contributed by atoms with Gasteiger partial charge in [-0.3, -0.25) is 14.7 Å². The summed E-state index contributed by atoms with van der Waals surface area (Å²) in [5.41, 5.74) is 2.59. The molecule has 5 nitrogen and oxygen atoms in total. The molecule has 0 aliphatic carbocycles. The first-order valence-electron chi connectivity index (χ1n) is 7.40. The third kappa shape index (κ3) is 3.19. The van der Waals surface area contributed by atoms with E-state index < -0.39 is 0 Å². The van der Waals surface area contributed by atoms with Crippen molar-refractivity contribution >= 4 is 34.1 Å². The summed E-state index contributed by atoms with van der Waals surface area (Å²) in [4.78, 5) is 23.4. The smallest absolute Gasteiger partial charge is 0.266 e. The maximum atomic E-state index is 12.6. The number of nitrogens with zero attached hydrogens (tertiary/aromatic N) is 3. The molecule has 0 unspecified atom stereocenters. The number of carbonyl (C=O) groups is 1. The van der Waals surface area contributed by atoms with Crippen LogP contribution >= 0.6 is 11.8 Å². The fraction of sp³-hybridized carbons (Fsp3) is 0.167. The zero-order chi connectivity index (χ0) is 17.1. The maximum absolute atomic E-state index is 12.6. The van der Waals surface area contributed by atoms with Gasteiger partial charge in [-0.2, -0.15) is 0 Å². The highest BCUT2D eigenvalue weighted by molar-refractivity contribution is 8.18. The third-order valence-corrected chi connectivity index (χ3v) is 4.93. The number of amidine groups is 1. The van der Waals surface area contributed by atoms with Crippen molar-refractivity contribution in [2.45, 2.75) is 6.92 Å². The largest absolute Gasteiger partial charge is 0.497 e. The lowest BCUT2D eigenvalue weighted by molar-refractivity contribution is -0.121. The predicted molar refractivity (Wildman–Crippen MR) is 97.3 cm³/mol. The number of benzene rings is 1. The number of aliphatic imine (C=N–C) groups is 1. The normalized spacial score (nSPS) is 18.2. The van der Waals surface area contributed by atoms with Gasteiger partial charge in [0, 0.05) is 13.2 Å². The first kappa shape index (κ1) is 16.3. The van der Waals surface area contributed by atoms with Gasteiger partial charge in [0.15, 0.2) is 5.17 Å². The molecule has 0 bridgehead atoms. The van der Waals surface area contributed by atoms with E-state index in [1.165, 1.54) is 11.8 Å². The van der Waals surface area contributed by atoms with Crippen LogP contribution < -0.4 is 4.74 Å². The van der Waals surface area contributed by atoms with Crippen LogP contribution in [0.1, 0.15) is 12.5 Å². The Morgan fingerprint density at radius 3 is 2.83 bits per heavy atom. The first-order chi connectivity index (χ1) is 11.6. The van der Waals surface area contributed by atoms with Crippen molar-refractivity contribution in [3.8, 4) is 5.75 Å². The molecule has 1 saturated heterocycles. The number of methoxy groups -OCH3 is 1. The minimum atomic E-state index is -0.0528. The first-order valence-corrected chi connectivity index (χ1v) is 8.21. The Kier molecular flexibility index (Phi) is 4.66. The molecule has 0 atom stereocenters. The molecule has 0 N–H and O–H groups in total. The Bertz CT molecular complexity index is 831. The van der Waals surface area contributed by atoms with Gasteiger partial charge in [-0.05, 0) is 54.1 Å². The zero-order valence-electron chi connectivity index (χ0n) is 13.7. The molecule has 6 heteroatoms. The number of hydrogen-bond acceptors (Lipinski definition) is 5. The number of likely N-dealkylation sites (N-methyl/N-ethyl adjacent to an activating group) is 1. The van der Waals surface area contributed by atoms with E-state index in [1.807, 2.05) is 43.3 Å². The molecule has 122 valence electrons. The van der Waals surface area contributed by atoms with E-state index in [1.54, 1.807) is 31.5 Å². The lowest BCUT2D eigenvalue weighted by Gasteiger charge is -2.08. The van der Waals surface area contributed by atoms with Crippen molar-refractivity contribution in [3.63, 3.8) is 0 Å². The third-order valence-electron chi connectivity index (χ3n) is 3.69. The average molecular weight is 339 g/mol. The zero-order valence-corrected chi connectivity index (χ0v) is 14.5. The molecular formula is C18H17N3O2S. The summed E-state index contributed by atoms with van der Waals surface area (Å²) in [5, 5.41) is 0.644. The minimum absolute atomic E-state index is 0.0528. The van der Waals surface area contributed by atoms with Crippen molar-refractivity contribution in [1.29, 1.82) is 0 Å². The second-order valence-electron chi connectivity index (χ2n) is 5.26. The van der Waals surface area contributed by atoms with Gasteiger partial charge in [0.2, 0.25) is 0 Å². The van der Waals surface area contributed by atoms with E-state index in [0.29, 0.717) is 10.1 Å². The number of pyridine rings is 1. The van der Waals surface area contributed by atoms with E-state index in [-0.39, 0.29) is 5.91 Å². The van der Waals surface area contributed by atoms with Crippen LogP contribution in [0.4, 0.5) is 5.69 Å². The number of allylic oxidation sites excluding steroid dienone is 1. The Balaban J connectivity index is 1.97. The van der Waals surface area contributed by atoms with E-state index in [4.69, 9.17) is 4.74 Å². The fourth-order valence-corrected chi connectivity index (χ4v) is 3.34. The van der Waals surface area contributed by atoms with Crippen LogP contribution in [0.3, 0.4) is 0 Å². The molecule has 0 spiro atoms. The lowest BCUT2D eigenvalue weighted by atomic mass is 10.1. The van der Waals surface area contributed by atoms with Crippen molar-refractivity contribution in [2.24, 2.45) is 4.99 Å². The second kappa shape index (κ2) is 6.88. The highest BCUT2D eigenvalue weighted by atomic mass is 32.2. The van der Waals surface area contributed by atoms with E-state index in [0.717, 1.165) is 22.6 Å². The number of carbonyl (C=O) groups excluding carboxylic acids is 1. The number of hydrogen-bond donors (Lipinski definition) is 0. The van der Waals surface area contributed by atoms with Crippen LogP contribution in [-0.4, -0.2) is 35.1 Å². The van der Waals surface area contributed by atoms with Gasteiger partial charge in [-0.15, -0.1) is 0 Å². The van der Waals surface area contributed by atoms with Gasteiger partial charge < -0.3 is 4.74 Å². The Labute approximate surface area is 145 Å². The predicted octanol–water partition coefficient (Wildman–Crippen LogP) is 3.71. The summed E-state index contributed by atoms with van der Waals surface area (Å²) in [6, 6.07) is 11.4. The number of ether oxygens (including phenoxy) is 1. The van der Waals surface area contributed by atoms with Crippen LogP contribution in [0.2, 0.25) is 0 Å². The van der Waals surface area contributed by atoms with Crippen LogP contribution in [0, 0.1) is 0 Å². The summed E-state index contributed by atoms with van der Waals surface area (Å²) in [6.45, 7) is 1.94. The van der Waals surface area contributed by atoms with Crippen LogP contribution in [-0.2, 0) is 4.79 Å². The molecule has 2 aromatic rings. The molecular weight excluding hydrogens is 322 g/mol. The van der Waals surface area contributed by atoms with Crippen molar-refractivity contribution in [3.05, 3.63) is 59.3 Å². The minimum Gasteiger partial charge on any atom is -0.497 e. The Morgan fingerprint density at radius 2 is 2.12 bits per heavy atom. The van der Waals surface area contributed by atoms with Crippen molar-refractivity contribution < 1.29 is 9.53 Å². The van der Waals surface area contributed by atoms with Gasteiger partial charge in [-0.1, -0.05) is 12.1 Å². The maximum Gasteiger partial charge on any atom is 0.266 e. The molecule has 1 fully saturated rings. The molecule has 1 aliphatic rings. The summed E-state index contributed by atoms with van der Waals surface area (Å²) >= 11 is 1.38. The van der Waals surface area contributed by atoms with Gasteiger partial charge >= 0.3 is 0 Å². The number of amides is 1. The number of aromatic nitrogens is 1. The molecule has 1 aromatic carbocycles. The van der Waals surface area contributed by atoms with Gasteiger partial charge in [-0.25, -0.2) is 4.99 Å². The van der Waals surface area contributed by atoms with Crippen molar-refractivity contribution in [1.82, 2.24) is 9.88 Å². The van der Waals surface area contributed by atoms with Gasteiger partial charge in [0.25, 0.3) is 5.91 Å². The van der Waals surface area contributed by atoms with Crippen LogP contribution in [0.25, 0.3) is 5.57 Å². The highest BCUT2D eigenvalue weighted by Gasteiger charge is 2.32. The van der Waals surface area contributed by atoms with Gasteiger partial charge in [0.05, 0.1) is 23.9 Å². The SMILES string of the molecule is COc1cccc(/C(C)=C2\SC(=Nc3cccnc3)N(C)C2=O)c1. The van der Waals surface area contributed by atoms with Crippen LogP contribution in [0.5, 0.6) is 5.75 Å². The Morgan fingerprint density at radius 1 is 1.29 bits per heavy atom. The summed E-state index contributed by atoms with van der Waals surface area (Å²) in [6.07, 6.45) is 3.36. The second-order valence-corrected chi connectivity index (χ2v) is 6.24. The molecule has 24 heavy (non-hydrogen) atoms. The molecule has 1 aromatic heterocycles. The van der Waals surface area contributed by atoms with Gasteiger partial charge in [0.1, 0.15) is 5.75 Å². The van der Waals surface area contributed by atoms with E-state index in [9.17, 15) is 4.79 Å². The fourth-order valence-electron chi connectivity index (χ4n) is 2.30. The van der Waals surface area contributed by atoms with Crippen LogP contribution in [0.15, 0.2) is 58.7 Å². The van der Waals surface area contributed by atoms with E-state index in [2.05, 4.69) is 9.98 Å². The quantitative estimate of drug-likeness (QED) is 0.800.